The Morgan fingerprint density at radius 1 is 1.21 bits per heavy atom. The maximum atomic E-state index is 12.8. The van der Waals surface area contributed by atoms with Crippen molar-refractivity contribution in [2.24, 2.45) is 0 Å². The number of nitrogens with zero attached hydrogens (tertiary/aromatic N) is 1. The van der Waals surface area contributed by atoms with Crippen LogP contribution in [0.1, 0.15) is 12.0 Å². The Hall–Kier alpha value is -2.91. The summed E-state index contributed by atoms with van der Waals surface area (Å²) in [6.45, 7) is 0. The Kier molecular flexibility index (Phi) is 5.66. The summed E-state index contributed by atoms with van der Waals surface area (Å²) in [5.41, 5.74) is 0.738. The standard InChI is InChI=1S/C19H15NO6S2/c1-26-14-7-6-10(11-4-2-3-5-12(11)14)8-15-17(23)20(19(27)28-15)13(18(24)25)9-16(21)22/h2-8,13H,9H2,1H3,(H,21,22)(H,24,25)/b15-8-. The first-order valence-corrected chi connectivity index (χ1v) is 9.33. The Labute approximate surface area is 169 Å². The number of aliphatic carboxylic acids is 2. The Morgan fingerprint density at radius 3 is 2.50 bits per heavy atom. The van der Waals surface area contributed by atoms with E-state index in [4.69, 9.17) is 22.1 Å². The number of carboxylic acids is 2. The summed E-state index contributed by atoms with van der Waals surface area (Å²) in [4.78, 5) is 36.3. The number of thioether (sulfide) groups is 1. The van der Waals surface area contributed by atoms with Crippen LogP contribution in [0.4, 0.5) is 0 Å². The quantitative estimate of drug-likeness (QED) is 0.546. The second kappa shape index (κ2) is 7.99. The molecule has 2 N–H and O–H groups in total. The number of benzene rings is 2. The molecule has 2 aromatic rings. The van der Waals surface area contributed by atoms with Gasteiger partial charge in [-0.05, 0) is 23.1 Å². The molecular weight excluding hydrogens is 402 g/mol. The lowest BCUT2D eigenvalue weighted by atomic mass is 10.0. The zero-order valence-electron chi connectivity index (χ0n) is 14.6. The number of rotatable bonds is 6. The van der Waals surface area contributed by atoms with Gasteiger partial charge in [0.15, 0.2) is 0 Å². The maximum Gasteiger partial charge on any atom is 0.327 e. The van der Waals surface area contributed by atoms with E-state index in [1.165, 1.54) is 0 Å². The summed E-state index contributed by atoms with van der Waals surface area (Å²) in [5, 5.41) is 20.0. The summed E-state index contributed by atoms with van der Waals surface area (Å²) in [6, 6.07) is 9.52. The smallest absolute Gasteiger partial charge is 0.327 e. The molecule has 1 amide bonds. The second-order valence-corrected chi connectivity index (χ2v) is 7.58. The van der Waals surface area contributed by atoms with Crippen LogP contribution in [0, 0.1) is 0 Å². The van der Waals surface area contributed by atoms with Crippen molar-refractivity contribution in [3.8, 4) is 5.75 Å². The monoisotopic (exact) mass is 417 g/mol. The molecule has 0 aliphatic carbocycles. The van der Waals surface area contributed by atoms with Crippen molar-refractivity contribution in [2.45, 2.75) is 12.5 Å². The lowest BCUT2D eigenvalue weighted by Gasteiger charge is -2.21. The molecule has 1 heterocycles. The SMILES string of the molecule is COc1ccc(/C=C2\SC(=S)N(C(CC(=O)O)C(=O)O)C2=O)c2ccccc12. The van der Waals surface area contributed by atoms with Crippen LogP contribution in [0.5, 0.6) is 5.75 Å². The van der Waals surface area contributed by atoms with Gasteiger partial charge in [-0.2, -0.15) is 0 Å². The highest BCUT2D eigenvalue weighted by Crippen LogP contribution is 2.37. The van der Waals surface area contributed by atoms with Crippen LogP contribution in [-0.2, 0) is 14.4 Å². The molecular formula is C19H15NO6S2. The molecule has 0 bridgehead atoms. The van der Waals surface area contributed by atoms with Crippen LogP contribution < -0.4 is 4.74 Å². The molecule has 144 valence electrons. The average Bonchev–Trinajstić information content (AvgIpc) is 2.93. The van der Waals surface area contributed by atoms with Crippen molar-refractivity contribution in [3.05, 3.63) is 46.9 Å². The summed E-state index contributed by atoms with van der Waals surface area (Å²) in [6.07, 6.45) is 0.890. The highest BCUT2D eigenvalue weighted by atomic mass is 32.2. The molecule has 0 saturated carbocycles. The van der Waals surface area contributed by atoms with Crippen LogP contribution in [0.2, 0.25) is 0 Å². The van der Waals surface area contributed by atoms with Gasteiger partial charge in [0.05, 0.1) is 18.4 Å². The number of fused-ring (bicyclic) bond motifs is 1. The van der Waals surface area contributed by atoms with Gasteiger partial charge in [-0.15, -0.1) is 0 Å². The van der Waals surface area contributed by atoms with Crippen molar-refractivity contribution < 1.29 is 29.3 Å². The highest BCUT2D eigenvalue weighted by Gasteiger charge is 2.41. The average molecular weight is 417 g/mol. The number of hydrogen-bond acceptors (Lipinski definition) is 6. The fraction of sp³-hybridized carbons (Fsp3) is 0.158. The number of ether oxygens (including phenoxy) is 1. The minimum absolute atomic E-state index is 0.0164. The number of hydrogen-bond donors (Lipinski definition) is 2. The molecule has 9 heteroatoms. The number of amides is 1. The van der Waals surface area contributed by atoms with Gasteiger partial charge in [0.1, 0.15) is 16.1 Å². The van der Waals surface area contributed by atoms with Gasteiger partial charge in [-0.25, -0.2) is 4.79 Å². The zero-order chi connectivity index (χ0) is 20.4. The first-order chi connectivity index (χ1) is 13.3. The maximum absolute atomic E-state index is 12.8. The predicted molar refractivity (Wildman–Crippen MR) is 109 cm³/mol. The third kappa shape index (κ3) is 3.71. The highest BCUT2D eigenvalue weighted by molar-refractivity contribution is 8.26. The fourth-order valence-electron chi connectivity index (χ4n) is 2.94. The molecule has 1 aliphatic heterocycles. The molecule has 3 rings (SSSR count). The molecule has 1 unspecified atom stereocenters. The van der Waals surface area contributed by atoms with E-state index in [1.54, 1.807) is 25.3 Å². The van der Waals surface area contributed by atoms with E-state index in [-0.39, 0.29) is 9.23 Å². The van der Waals surface area contributed by atoms with E-state index in [9.17, 15) is 19.5 Å². The zero-order valence-corrected chi connectivity index (χ0v) is 16.3. The van der Waals surface area contributed by atoms with Crippen molar-refractivity contribution in [1.29, 1.82) is 0 Å². The second-order valence-electron chi connectivity index (χ2n) is 5.91. The van der Waals surface area contributed by atoms with Gasteiger partial charge in [0.2, 0.25) is 0 Å². The topological polar surface area (TPSA) is 104 Å². The normalized spacial score (nSPS) is 16.6. The molecule has 0 spiro atoms. The summed E-state index contributed by atoms with van der Waals surface area (Å²) in [5.74, 6) is -2.68. The lowest BCUT2D eigenvalue weighted by molar-refractivity contribution is -0.150. The Bertz CT molecular complexity index is 1030. The molecule has 0 radical (unpaired) electrons. The van der Waals surface area contributed by atoms with Gasteiger partial charge < -0.3 is 14.9 Å². The molecule has 1 atom stereocenters. The van der Waals surface area contributed by atoms with Gasteiger partial charge in [-0.1, -0.05) is 54.3 Å². The van der Waals surface area contributed by atoms with Crippen LogP contribution in [0.25, 0.3) is 16.8 Å². The molecule has 1 fully saturated rings. The van der Waals surface area contributed by atoms with Crippen LogP contribution in [0.3, 0.4) is 0 Å². The summed E-state index contributed by atoms with van der Waals surface area (Å²) >= 11 is 6.09. The first-order valence-electron chi connectivity index (χ1n) is 8.11. The number of methoxy groups -OCH3 is 1. The molecule has 1 aliphatic rings. The number of carboxylic acid groups (broad SMARTS) is 2. The van der Waals surface area contributed by atoms with Gasteiger partial charge in [0, 0.05) is 5.39 Å². The van der Waals surface area contributed by atoms with Crippen molar-refractivity contribution >= 4 is 63.0 Å². The number of carbonyl (C=O) groups excluding carboxylic acids is 1. The number of thiocarbonyl (C=S) groups is 1. The third-order valence-corrected chi connectivity index (χ3v) is 5.54. The summed E-state index contributed by atoms with van der Waals surface area (Å²) < 4.78 is 5.38. The Balaban J connectivity index is 2.02. The van der Waals surface area contributed by atoms with Crippen molar-refractivity contribution in [3.63, 3.8) is 0 Å². The van der Waals surface area contributed by atoms with Crippen molar-refractivity contribution in [2.75, 3.05) is 7.11 Å². The molecule has 0 aromatic heterocycles. The molecule has 2 aromatic carbocycles. The lowest BCUT2D eigenvalue weighted by Crippen LogP contribution is -2.45. The van der Waals surface area contributed by atoms with Crippen LogP contribution in [0.15, 0.2) is 41.3 Å². The Morgan fingerprint density at radius 2 is 1.89 bits per heavy atom. The van der Waals surface area contributed by atoms with Crippen molar-refractivity contribution in [1.82, 2.24) is 4.90 Å². The minimum Gasteiger partial charge on any atom is -0.496 e. The third-order valence-electron chi connectivity index (χ3n) is 4.21. The van der Waals surface area contributed by atoms with Crippen LogP contribution >= 0.6 is 24.0 Å². The van der Waals surface area contributed by atoms with E-state index >= 15 is 0 Å². The molecule has 28 heavy (non-hydrogen) atoms. The van der Waals surface area contributed by atoms with E-state index in [2.05, 4.69) is 0 Å². The van der Waals surface area contributed by atoms with E-state index in [1.807, 2.05) is 24.3 Å². The molecule has 1 saturated heterocycles. The van der Waals surface area contributed by atoms with Gasteiger partial charge in [0.25, 0.3) is 5.91 Å². The first kappa shape index (κ1) is 19.8. The number of carbonyl (C=O) groups is 3. The van der Waals surface area contributed by atoms with Crippen LogP contribution in [-0.4, -0.2) is 50.4 Å². The largest absolute Gasteiger partial charge is 0.496 e. The van der Waals surface area contributed by atoms with E-state index < -0.39 is 30.3 Å². The van der Waals surface area contributed by atoms with Gasteiger partial charge >= 0.3 is 11.9 Å². The molecule has 7 nitrogen and oxygen atoms in total. The van der Waals surface area contributed by atoms with Gasteiger partial charge in [-0.3, -0.25) is 14.5 Å². The predicted octanol–water partition coefficient (Wildman–Crippen LogP) is 2.98. The minimum atomic E-state index is -1.55. The van der Waals surface area contributed by atoms with E-state index in [0.717, 1.165) is 33.0 Å². The van der Waals surface area contributed by atoms with E-state index in [0.29, 0.717) is 5.75 Å². The fourth-order valence-corrected chi connectivity index (χ4v) is 4.29. The summed E-state index contributed by atoms with van der Waals surface area (Å²) in [7, 11) is 1.57.